The third-order valence-corrected chi connectivity index (χ3v) is 4.92. The van der Waals surface area contributed by atoms with Crippen LogP contribution < -0.4 is 10.1 Å². The Morgan fingerprint density at radius 2 is 1.96 bits per heavy atom. The maximum absolute atomic E-state index is 12.7. The lowest BCUT2D eigenvalue weighted by molar-refractivity contribution is 0.0932. The van der Waals surface area contributed by atoms with E-state index in [1.54, 1.807) is 18.9 Å². The van der Waals surface area contributed by atoms with Crippen LogP contribution in [0.25, 0.3) is 0 Å². The Morgan fingerprint density at radius 3 is 2.58 bits per heavy atom. The SMILES string of the molecule is CCSc1ccccc1C(=O)NC(CC)c1ccc(OC)c(C)c1. The van der Waals surface area contributed by atoms with Gasteiger partial charge in [-0.3, -0.25) is 4.79 Å². The highest BCUT2D eigenvalue weighted by molar-refractivity contribution is 7.99. The van der Waals surface area contributed by atoms with Crippen LogP contribution in [0.15, 0.2) is 47.4 Å². The molecule has 0 bridgehead atoms. The van der Waals surface area contributed by atoms with Gasteiger partial charge in [-0.2, -0.15) is 0 Å². The van der Waals surface area contributed by atoms with Crippen molar-refractivity contribution in [2.75, 3.05) is 12.9 Å². The number of aryl methyl sites for hydroxylation is 1. The third-order valence-electron chi connectivity index (χ3n) is 3.97. The molecule has 3 nitrogen and oxygen atoms in total. The Morgan fingerprint density at radius 1 is 1.21 bits per heavy atom. The summed E-state index contributed by atoms with van der Waals surface area (Å²) in [6, 6.07) is 13.8. The number of rotatable bonds is 7. The summed E-state index contributed by atoms with van der Waals surface area (Å²) in [6.07, 6.45) is 0.834. The summed E-state index contributed by atoms with van der Waals surface area (Å²) in [5, 5.41) is 3.17. The average Bonchev–Trinajstić information content (AvgIpc) is 2.60. The standard InChI is InChI=1S/C20H25NO2S/c1-5-17(15-11-12-18(23-4)14(3)13-15)21-20(22)16-9-7-8-10-19(16)24-6-2/h7-13,17H,5-6H2,1-4H3,(H,21,22). The largest absolute Gasteiger partial charge is 0.496 e. The summed E-state index contributed by atoms with van der Waals surface area (Å²) >= 11 is 1.69. The highest BCUT2D eigenvalue weighted by Gasteiger charge is 2.17. The van der Waals surface area contributed by atoms with Gasteiger partial charge in [0, 0.05) is 4.90 Å². The molecule has 2 rings (SSSR count). The molecule has 0 aliphatic rings. The maximum atomic E-state index is 12.7. The van der Waals surface area contributed by atoms with Gasteiger partial charge in [-0.15, -0.1) is 11.8 Å². The molecule has 0 saturated carbocycles. The van der Waals surface area contributed by atoms with Crippen molar-refractivity contribution < 1.29 is 9.53 Å². The molecular formula is C20H25NO2S. The number of carbonyl (C=O) groups is 1. The first kappa shape index (κ1) is 18.4. The zero-order valence-corrected chi connectivity index (χ0v) is 15.6. The van der Waals surface area contributed by atoms with Crippen LogP contribution in [0, 0.1) is 6.92 Å². The maximum Gasteiger partial charge on any atom is 0.252 e. The van der Waals surface area contributed by atoms with E-state index in [1.165, 1.54) is 0 Å². The van der Waals surface area contributed by atoms with Crippen molar-refractivity contribution in [1.29, 1.82) is 0 Å². The van der Waals surface area contributed by atoms with E-state index in [4.69, 9.17) is 4.74 Å². The first-order chi connectivity index (χ1) is 11.6. The second-order valence-corrected chi connectivity index (χ2v) is 6.90. The van der Waals surface area contributed by atoms with Crippen LogP contribution in [0.4, 0.5) is 0 Å². The van der Waals surface area contributed by atoms with Crippen LogP contribution in [0.1, 0.15) is 47.8 Å². The van der Waals surface area contributed by atoms with Crippen LogP contribution in [0.3, 0.4) is 0 Å². The molecule has 1 amide bonds. The fourth-order valence-corrected chi connectivity index (χ4v) is 3.51. The van der Waals surface area contributed by atoms with Gasteiger partial charge in [-0.25, -0.2) is 0 Å². The zero-order valence-electron chi connectivity index (χ0n) is 14.8. The van der Waals surface area contributed by atoms with Crippen molar-refractivity contribution in [3.05, 3.63) is 59.2 Å². The van der Waals surface area contributed by atoms with Gasteiger partial charge in [-0.1, -0.05) is 38.1 Å². The predicted molar refractivity (Wildman–Crippen MR) is 101 cm³/mol. The average molecular weight is 343 g/mol. The molecule has 1 N–H and O–H groups in total. The lowest BCUT2D eigenvalue weighted by Gasteiger charge is -2.19. The summed E-state index contributed by atoms with van der Waals surface area (Å²) in [4.78, 5) is 13.8. The molecule has 0 heterocycles. The fourth-order valence-electron chi connectivity index (χ4n) is 2.71. The Kier molecular flexibility index (Phi) is 6.73. The van der Waals surface area contributed by atoms with Crippen LogP contribution >= 0.6 is 11.8 Å². The van der Waals surface area contributed by atoms with E-state index in [1.807, 2.05) is 43.3 Å². The number of carbonyl (C=O) groups excluding carboxylic acids is 1. The van der Waals surface area contributed by atoms with Crippen LogP contribution in [-0.4, -0.2) is 18.8 Å². The van der Waals surface area contributed by atoms with Gasteiger partial charge in [0.2, 0.25) is 0 Å². The van der Waals surface area contributed by atoms with Crippen molar-refractivity contribution in [2.45, 2.75) is 38.1 Å². The number of methoxy groups -OCH3 is 1. The highest BCUT2D eigenvalue weighted by atomic mass is 32.2. The molecule has 24 heavy (non-hydrogen) atoms. The number of benzene rings is 2. The Balaban J connectivity index is 2.21. The van der Waals surface area contributed by atoms with Gasteiger partial charge in [0.25, 0.3) is 5.91 Å². The molecule has 0 aliphatic carbocycles. The van der Waals surface area contributed by atoms with E-state index >= 15 is 0 Å². The third kappa shape index (κ3) is 4.32. The minimum Gasteiger partial charge on any atom is -0.496 e. The minimum absolute atomic E-state index is 0.0122. The molecule has 0 aliphatic heterocycles. The second-order valence-electron chi connectivity index (χ2n) is 5.59. The molecule has 1 atom stereocenters. The summed E-state index contributed by atoms with van der Waals surface area (Å²) < 4.78 is 5.32. The summed E-state index contributed by atoms with van der Waals surface area (Å²) in [6.45, 7) is 6.19. The number of hydrogen-bond acceptors (Lipinski definition) is 3. The Labute approximate surface area is 148 Å². The van der Waals surface area contributed by atoms with E-state index in [9.17, 15) is 4.79 Å². The Hall–Kier alpha value is -1.94. The predicted octanol–water partition coefficient (Wildman–Crippen LogP) is 5.00. The lowest BCUT2D eigenvalue weighted by Crippen LogP contribution is -2.28. The molecule has 2 aromatic carbocycles. The monoisotopic (exact) mass is 343 g/mol. The van der Waals surface area contributed by atoms with E-state index in [0.29, 0.717) is 0 Å². The van der Waals surface area contributed by atoms with E-state index in [2.05, 4.69) is 25.2 Å². The summed E-state index contributed by atoms with van der Waals surface area (Å²) in [7, 11) is 1.67. The van der Waals surface area contributed by atoms with Gasteiger partial charge in [0.15, 0.2) is 0 Å². The van der Waals surface area contributed by atoms with E-state index in [0.717, 1.165) is 39.5 Å². The topological polar surface area (TPSA) is 38.3 Å². The normalized spacial score (nSPS) is 11.8. The summed E-state index contributed by atoms with van der Waals surface area (Å²) in [5.74, 6) is 1.79. The zero-order chi connectivity index (χ0) is 17.5. The van der Waals surface area contributed by atoms with Crippen molar-refractivity contribution in [1.82, 2.24) is 5.32 Å². The fraction of sp³-hybridized carbons (Fsp3) is 0.350. The number of thioether (sulfide) groups is 1. The lowest BCUT2D eigenvalue weighted by atomic mass is 10.0. The molecule has 0 saturated heterocycles. The molecule has 1 unspecified atom stereocenters. The van der Waals surface area contributed by atoms with Crippen molar-refractivity contribution in [2.24, 2.45) is 0 Å². The van der Waals surface area contributed by atoms with E-state index < -0.39 is 0 Å². The number of amides is 1. The molecular weight excluding hydrogens is 318 g/mol. The summed E-state index contributed by atoms with van der Waals surface area (Å²) in [5.41, 5.74) is 2.92. The molecule has 0 spiro atoms. The van der Waals surface area contributed by atoms with Gasteiger partial charge in [0.1, 0.15) is 5.75 Å². The van der Waals surface area contributed by atoms with E-state index in [-0.39, 0.29) is 11.9 Å². The molecule has 4 heteroatoms. The van der Waals surface area contributed by atoms with Gasteiger partial charge in [-0.05, 0) is 48.4 Å². The number of hydrogen-bond donors (Lipinski definition) is 1. The quantitative estimate of drug-likeness (QED) is 0.719. The van der Waals surface area contributed by atoms with Gasteiger partial charge < -0.3 is 10.1 Å². The molecule has 128 valence electrons. The van der Waals surface area contributed by atoms with Gasteiger partial charge in [0.05, 0.1) is 18.7 Å². The van der Waals surface area contributed by atoms with Crippen molar-refractivity contribution >= 4 is 17.7 Å². The first-order valence-corrected chi connectivity index (χ1v) is 9.26. The molecule has 2 aromatic rings. The van der Waals surface area contributed by atoms with Crippen LogP contribution in [0.2, 0.25) is 0 Å². The van der Waals surface area contributed by atoms with Crippen LogP contribution in [0.5, 0.6) is 5.75 Å². The van der Waals surface area contributed by atoms with Gasteiger partial charge >= 0.3 is 0 Å². The van der Waals surface area contributed by atoms with Crippen molar-refractivity contribution in [3.63, 3.8) is 0 Å². The second kappa shape index (κ2) is 8.78. The molecule has 0 fully saturated rings. The Bertz CT molecular complexity index is 700. The number of ether oxygens (including phenoxy) is 1. The first-order valence-electron chi connectivity index (χ1n) is 8.27. The van der Waals surface area contributed by atoms with Crippen LogP contribution in [-0.2, 0) is 0 Å². The molecule has 0 radical (unpaired) electrons. The smallest absolute Gasteiger partial charge is 0.252 e. The highest BCUT2D eigenvalue weighted by Crippen LogP contribution is 2.26. The number of nitrogens with one attached hydrogen (secondary N) is 1. The molecule has 0 aromatic heterocycles. The van der Waals surface area contributed by atoms with Crippen molar-refractivity contribution in [3.8, 4) is 5.75 Å². The minimum atomic E-state index is -0.0214.